The van der Waals surface area contributed by atoms with E-state index in [4.69, 9.17) is 14.6 Å². The third-order valence-corrected chi connectivity index (χ3v) is 3.21. The molecule has 2 rings (SSSR count). The first-order valence-corrected chi connectivity index (χ1v) is 6.97. The fourth-order valence-corrected chi connectivity index (χ4v) is 2.04. The molecule has 0 saturated heterocycles. The zero-order valence-electron chi connectivity index (χ0n) is 12.4. The number of aliphatic hydroxyl groups is 1. The van der Waals surface area contributed by atoms with E-state index >= 15 is 0 Å². The van der Waals surface area contributed by atoms with Gasteiger partial charge in [-0.1, -0.05) is 12.1 Å². The molecule has 0 aliphatic heterocycles. The van der Waals surface area contributed by atoms with Gasteiger partial charge in [-0.05, 0) is 48.9 Å². The highest BCUT2D eigenvalue weighted by Gasteiger charge is 2.05. The quantitative estimate of drug-likeness (QED) is 0.821. The second-order valence-electron chi connectivity index (χ2n) is 4.74. The van der Waals surface area contributed by atoms with Crippen molar-refractivity contribution in [1.82, 2.24) is 0 Å². The lowest BCUT2D eigenvalue weighted by molar-refractivity contribution is 0.201. The lowest BCUT2D eigenvalue weighted by Crippen LogP contribution is -2.06. The minimum atomic E-state index is 0.0223. The zero-order chi connectivity index (χ0) is 15.1. The Hall–Kier alpha value is -2.20. The summed E-state index contributed by atoms with van der Waals surface area (Å²) in [5.41, 5.74) is 2.21. The lowest BCUT2D eigenvalue weighted by atomic mass is 10.1. The number of hydrogen-bond acceptors (Lipinski definition) is 4. The van der Waals surface area contributed by atoms with Gasteiger partial charge < -0.3 is 19.9 Å². The van der Waals surface area contributed by atoms with Crippen LogP contribution < -0.4 is 14.8 Å². The third kappa shape index (κ3) is 4.39. The van der Waals surface area contributed by atoms with Crippen LogP contribution in [-0.4, -0.2) is 25.4 Å². The summed E-state index contributed by atoms with van der Waals surface area (Å²) in [7, 11) is 1.66. The Morgan fingerprint density at radius 2 is 1.62 bits per heavy atom. The van der Waals surface area contributed by atoms with E-state index in [1.165, 1.54) is 5.56 Å². The van der Waals surface area contributed by atoms with E-state index in [0.29, 0.717) is 6.61 Å². The minimum Gasteiger partial charge on any atom is -0.497 e. The van der Waals surface area contributed by atoms with Crippen molar-refractivity contribution in [2.24, 2.45) is 0 Å². The molecule has 0 spiro atoms. The van der Waals surface area contributed by atoms with E-state index in [1.54, 1.807) is 7.11 Å². The summed E-state index contributed by atoms with van der Waals surface area (Å²) < 4.78 is 10.5. The third-order valence-electron chi connectivity index (χ3n) is 3.21. The monoisotopic (exact) mass is 287 g/mol. The predicted molar refractivity (Wildman–Crippen MR) is 84.1 cm³/mol. The summed E-state index contributed by atoms with van der Waals surface area (Å²) in [6, 6.07) is 15.9. The molecule has 0 radical (unpaired) electrons. The first kappa shape index (κ1) is 15.2. The van der Waals surface area contributed by atoms with Crippen LogP contribution in [0.3, 0.4) is 0 Å². The van der Waals surface area contributed by atoms with E-state index in [2.05, 4.69) is 24.4 Å². The summed E-state index contributed by atoms with van der Waals surface area (Å²) in [4.78, 5) is 0. The van der Waals surface area contributed by atoms with Crippen LogP contribution in [0.1, 0.15) is 18.5 Å². The van der Waals surface area contributed by atoms with Crippen molar-refractivity contribution in [3.63, 3.8) is 0 Å². The average molecular weight is 287 g/mol. The molecule has 0 fully saturated rings. The summed E-state index contributed by atoms with van der Waals surface area (Å²) in [5, 5.41) is 12.2. The van der Waals surface area contributed by atoms with Crippen LogP contribution in [0.25, 0.3) is 0 Å². The molecule has 0 amide bonds. The molecular weight excluding hydrogens is 266 g/mol. The standard InChI is InChI=1S/C17H21NO3/c1-13(14-3-7-16(20-2)8-4-14)18-15-5-9-17(10-6-15)21-12-11-19/h3-10,13,18-19H,11-12H2,1-2H3. The fraction of sp³-hybridized carbons (Fsp3) is 0.294. The van der Waals surface area contributed by atoms with Crippen LogP contribution in [0.15, 0.2) is 48.5 Å². The van der Waals surface area contributed by atoms with Crippen molar-refractivity contribution in [3.8, 4) is 11.5 Å². The smallest absolute Gasteiger partial charge is 0.119 e. The lowest BCUT2D eigenvalue weighted by Gasteiger charge is -2.16. The summed E-state index contributed by atoms with van der Waals surface area (Å²) >= 11 is 0. The van der Waals surface area contributed by atoms with E-state index in [0.717, 1.165) is 17.2 Å². The average Bonchev–Trinajstić information content (AvgIpc) is 2.54. The van der Waals surface area contributed by atoms with Crippen LogP contribution in [0.4, 0.5) is 5.69 Å². The van der Waals surface area contributed by atoms with Crippen molar-refractivity contribution in [3.05, 3.63) is 54.1 Å². The second-order valence-corrected chi connectivity index (χ2v) is 4.74. The minimum absolute atomic E-state index is 0.0223. The molecule has 2 aromatic rings. The number of ether oxygens (including phenoxy) is 2. The van der Waals surface area contributed by atoms with Gasteiger partial charge in [-0.3, -0.25) is 0 Å². The Kier molecular flexibility index (Phi) is 5.46. The first-order chi connectivity index (χ1) is 10.2. The maximum Gasteiger partial charge on any atom is 0.119 e. The molecule has 1 atom stereocenters. The van der Waals surface area contributed by atoms with Gasteiger partial charge in [-0.2, -0.15) is 0 Å². The number of nitrogens with one attached hydrogen (secondary N) is 1. The molecule has 21 heavy (non-hydrogen) atoms. The molecule has 0 aliphatic rings. The van der Waals surface area contributed by atoms with Crippen LogP contribution in [0.5, 0.6) is 11.5 Å². The van der Waals surface area contributed by atoms with Crippen LogP contribution >= 0.6 is 0 Å². The number of methoxy groups -OCH3 is 1. The number of hydrogen-bond donors (Lipinski definition) is 2. The molecule has 0 heterocycles. The summed E-state index contributed by atoms with van der Waals surface area (Å²) in [5.74, 6) is 1.61. The van der Waals surface area contributed by atoms with E-state index in [1.807, 2.05) is 36.4 Å². The molecule has 0 saturated carbocycles. The van der Waals surface area contributed by atoms with Gasteiger partial charge in [-0.25, -0.2) is 0 Å². The zero-order valence-corrected chi connectivity index (χ0v) is 12.4. The Morgan fingerprint density at radius 1 is 1.00 bits per heavy atom. The normalized spacial score (nSPS) is 11.8. The molecule has 1 unspecified atom stereocenters. The highest BCUT2D eigenvalue weighted by Crippen LogP contribution is 2.23. The molecule has 0 bridgehead atoms. The van der Waals surface area contributed by atoms with Gasteiger partial charge in [0.2, 0.25) is 0 Å². The number of aliphatic hydroxyl groups excluding tert-OH is 1. The highest BCUT2D eigenvalue weighted by molar-refractivity contribution is 5.48. The summed E-state index contributed by atoms with van der Waals surface area (Å²) in [6.45, 7) is 2.45. The van der Waals surface area contributed by atoms with Gasteiger partial charge in [0.05, 0.1) is 13.7 Å². The second kappa shape index (κ2) is 7.55. The maximum atomic E-state index is 8.72. The molecule has 2 aromatic carbocycles. The molecule has 4 nitrogen and oxygen atoms in total. The van der Waals surface area contributed by atoms with Gasteiger partial charge in [0.15, 0.2) is 0 Å². The first-order valence-electron chi connectivity index (χ1n) is 6.97. The SMILES string of the molecule is COc1ccc(C(C)Nc2ccc(OCCO)cc2)cc1. The van der Waals surface area contributed by atoms with E-state index in [9.17, 15) is 0 Å². The van der Waals surface area contributed by atoms with Crippen molar-refractivity contribution >= 4 is 5.69 Å². The molecule has 2 N–H and O–H groups in total. The Balaban J connectivity index is 1.96. The molecule has 112 valence electrons. The number of rotatable bonds is 7. The molecular formula is C17H21NO3. The van der Waals surface area contributed by atoms with Crippen LogP contribution in [0, 0.1) is 0 Å². The summed E-state index contributed by atoms with van der Waals surface area (Å²) in [6.07, 6.45) is 0. The van der Waals surface area contributed by atoms with Gasteiger partial charge >= 0.3 is 0 Å². The Morgan fingerprint density at radius 3 is 2.19 bits per heavy atom. The van der Waals surface area contributed by atoms with E-state index < -0.39 is 0 Å². The van der Waals surface area contributed by atoms with Crippen molar-refractivity contribution in [2.45, 2.75) is 13.0 Å². The van der Waals surface area contributed by atoms with Crippen molar-refractivity contribution in [1.29, 1.82) is 0 Å². The van der Waals surface area contributed by atoms with Crippen molar-refractivity contribution in [2.75, 3.05) is 25.6 Å². The maximum absolute atomic E-state index is 8.72. The van der Waals surface area contributed by atoms with E-state index in [-0.39, 0.29) is 12.6 Å². The molecule has 0 aliphatic carbocycles. The number of benzene rings is 2. The fourth-order valence-electron chi connectivity index (χ4n) is 2.04. The van der Waals surface area contributed by atoms with Gasteiger partial charge in [0, 0.05) is 11.7 Å². The predicted octanol–water partition coefficient (Wildman–Crippen LogP) is 3.24. The van der Waals surface area contributed by atoms with Crippen LogP contribution in [0.2, 0.25) is 0 Å². The number of anilines is 1. The van der Waals surface area contributed by atoms with Crippen molar-refractivity contribution < 1.29 is 14.6 Å². The van der Waals surface area contributed by atoms with Crippen LogP contribution in [-0.2, 0) is 0 Å². The largest absolute Gasteiger partial charge is 0.497 e. The van der Waals surface area contributed by atoms with Gasteiger partial charge in [-0.15, -0.1) is 0 Å². The highest BCUT2D eigenvalue weighted by atomic mass is 16.5. The molecule has 4 heteroatoms. The Labute approximate surface area is 125 Å². The van der Waals surface area contributed by atoms with Gasteiger partial charge in [0.1, 0.15) is 18.1 Å². The topological polar surface area (TPSA) is 50.7 Å². The Bertz CT molecular complexity index is 537. The molecule has 0 aromatic heterocycles. The van der Waals surface area contributed by atoms with Gasteiger partial charge in [0.25, 0.3) is 0 Å².